The summed E-state index contributed by atoms with van der Waals surface area (Å²) in [5.74, 6) is 1.93. The summed E-state index contributed by atoms with van der Waals surface area (Å²) in [7, 11) is 1.65. The molecule has 2 aromatic heterocycles. The van der Waals surface area contributed by atoms with E-state index in [2.05, 4.69) is 21.3 Å². The zero-order chi connectivity index (χ0) is 23.0. The van der Waals surface area contributed by atoms with Crippen molar-refractivity contribution in [3.63, 3.8) is 0 Å². The van der Waals surface area contributed by atoms with Gasteiger partial charge in [0.25, 0.3) is 18.7 Å². The van der Waals surface area contributed by atoms with Crippen molar-refractivity contribution in [2.75, 3.05) is 5.32 Å². The Hall–Kier alpha value is -3.61. The average molecular weight is 437 g/mol. The monoisotopic (exact) mass is 437 g/mol. The Balaban J connectivity index is 1.76. The molecule has 162 valence electrons. The molecule has 3 heterocycles. The molecule has 0 unspecified atom stereocenters. The zero-order valence-electron chi connectivity index (χ0n) is 17.5. The maximum absolute atomic E-state index is 14.4. The second-order valence-corrected chi connectivity index (χ2v) is 7.75. The number of nitriles is 1. The van der Waals surface area contributed by atoms with E-state index in [0.29, 0.717) is 35.4 Å². The number of anilines is 1. The molecule has 0 aliphatic carbocycles. The van der Waals surface area contributed by atoms with Crippen LogP contribution in [0.2, 0.25) is 12.6 Å². The molecule has 0 spiro atoms. The fraction of sp³-hybridized carbons (Fsp3) is 0.273. The number of hydrogen-bond donors (Lipinski definition) is 1. The molecule has 32 heavy (non-hydrogen) atoms. The third-order valence-corrected chi connectivity index (χ3v) is 5.62. The Kier molecular flexibility index (Phi) is 5.74. The molecule has 0 fully saturated rings. The Labute approximate surface area is 182 Å². The molecule has 0 atom stereocenters. The lowest BCUT2D eigenvalue weighted by molar-refractivity contribution is 0.146. The average Bonchev–Trinajstić information content (AvgIpc) is 3.24. The molecular weight excluding hydrogens is 418 g/mol. The van der Waals surface area contributed by atoms with E-state index in [1.54, 1.807) is 20.0 Å². The van der Waals surface area contributed by atoms with Crippen molar-refractivity contribution < 1.29 is 13.2 Å². The van der Waals surface area contributed by atoms with Gasteiger partial charge in [0, 0.05) is 30.8 Å². The molecule has 0 bridgehead atoms. The molecule has 0 radical (unpaired) electrons. The van der Waals surface area contributed by atoms with E-state index in [1.807, 2.05) is 6.08 Å². The summed E-state index contributed by atoms with van der Waals surface area (Å²) in [6.07, 6.45) is 0.186. The van der Waals surface area contributed by atoms with Gasteiger partial charge in [-0.25, -0.2) is 28.4 Å². The van der Waals surface area contributed by atoms with Crippen molar-refractivity contribution in [2.24, 2.45) is 7.05 Å². The van der Waals surface area contributed by atoms with Gasteiger partial charge in [0.15, 0.2) is 0 Å². The number of alkyl halides is 2. The quantitative estimate of drug-likeness (QED) is 0.603. The largest absolute Gasteiger partial charge is 0.365 e. The van der Waals surface area contributed by atoms with Crippen LogP contribution in [0.3, 0.4) is 0 Å². The number of rotatable bonds is 5. The van der Waals surface area contributed by atoms with Crippen molar-refractivity contribution in [2.45, 2.75) is 32.5 Å². The zero-order valence-corrected chi connectivity index (χ0v) is 17.5. The highest BCUT2D eigenvalue weighted by atomic mass is 19.3. The number of nitrogens with one attached hydrogen (secondary N) is 1. The van der Waals surface area contributed by atoms with Gasteiger partial charge >= 0.3 is 0 Å². The van der Waals surface area contributed by atoms with Gasteiger partial charge in [-0.05, 0) is 31.2 Å². The van der Waals surface area contributed by atoms with E-state index in [-0.39, 0.29) is 29.9 Å². The van der Waals surface area contributed by atoms with Crippen LogP contribution < -0.4 is 10.9 Å². The molecular formula is C22H19BF3N5O. The van der Waals surface area contributed by atoms with Crippen LogP contribution >= 0.6 is 0 Å². The normalized spacial score (nSPS) is 13.5. The number of halogens is 3. The van der Waals surface area contributed by atoms with E-state index in [1.165, 1.54) is 16.7 Å². The predicted octanol–water partition coefficient (Wildman–Crippen LogP) is 4.28. The second-order valence-electron chi connectivity index (χ2n) is 7.75. The highest BCUT2D eigenvalue weighted by Crippen LogP contribution is 2.31. The first-order chi connectivity index (χ1) is 15.3. The maximum Gasteiger partial charge on any atom is 0.277 e. The minimum atomic E-state index is -2.92. The number of fused-ring (bicyclic) bond motifs is 1. The highest BCUT2D eigenvalue weighted by Gasteiger charge is 2.25. The smallest absolute Gasteiger partial charge is 0.277 e. The summed E-state index contributed by atoms with van der Waals surface area (Å²) in [5.41, 5.74) is 0.819. The van der Waals surface area contributed by atoms with Crippen molar-refractivity contribution in [3.05, 3.63) is 69.2 Å². The lowest BCUT2D eigenvalue weighted by Gasteiger charge is -2.15. The lowest BCUT2D eigenvalue weighted by atomic mass is 9.49. The standard InChI is InChI=1S/C22H19BF3N5O/c1-12-29-19-16(8-17(31(2)22(19)32)13-6-7-23(9-13)11-27)21(30-12)28-10-14-4-3-5-15(18(14)24)20(25)26/h3-6,8,20H,7,9-10H2,1-2H3,(H,28,29,30). The van der Waals surface area contributed by atoms with Gasteiger partial charge in [0.1, 0.15) is 23.0 Å². The number of hydrogen-bond acceptors (Lipinski definition) is 5. The van der Waals surface area contributed by atoms with Gasteiger partial charge in [-0.1, -0.05) is 24.3 Å². The van der Waals surface area contributed by atoms with Gasteiger partial charge in [-0.15, -0.1) is 0 Å². The molecule has 1 N–H and O–H groups in total. The first-order valence-corrected chi connectivity index (χ1v) is 10.1. The molecule has 4 rings (SSSR count). The predicted molar refractivity (Wildman–Crippen MR) is 117 cm³/mol. The second kappa shape index (κ2) is 8.50. The van der Waals surface area contributed by atoms with E-state index in [9.17, 15) is 23.2 Å². The summed E-state index contributed by atoms with van der Waals surface area (Å²) in [6, 6.07) is 5.61. The van der Waals surface area contributed by atoms with E-state index < -0.39 is 17.8 Å². The molecule has 1 aromatic carbocycles. The highest BCUT2D eigenvalue weighted by molar-refractivity contribution is 6.70. The maximum atomic E-state index is 14.4. The molecule has 3 aromatic rings. The number of allylic oxidation sites excluding steroid dienone is 2. The fourth-order valence-electron chi connectivity index (χ4n) is 3.93. The van der Waals surface area contributed by atoms with Crippen LogP contribution in [0.1, 0.15) is 29.1 Å². The van der Waals surface area contributed by atoms with Crippen LogP contribution in [-0.4, -0.2) is 21.2 Å². The number of benzene rings is 1. The Bertz CT molecular complexity index is 1350. The van der Waals surface area contributed by atoms with Gasteiger partial charge < -0.3 is 9.88 Å². The molecule has 10 heteroatoms. The molecule has 1 aliphatic heterocycles. The van der Waals surface area contributed by atoms with Crippen LogP contribution in [-0.2, 0) is 13.6 Å². The SMILES string of the molecule is Cc1nc(NCc2cccc(C(F)F)c2F)c2cc(C3=CCB(C#N)C3)n(C)c(=O)c2n1. The van der Waals surface area contributed by atoms with E-state index in [0.717, 1.165) is 11.6 Å². The van der Waals surface area contributed by atoms with Gasteiger partial charge in [0.2, 0.25) is 0 Å². The third-order valence-electron chi connectivity index (χ3n) is 5.62. The van der Waals surface area contributed by atoms with Crippen LogP contribution in [0.4, 0.5) is 19.0 Å². The molecule has 0 saturated heterocycles. The van der Waals surface area contributed by atoms with E-state index >= 15 is 0 Å². The summed E-state index contributed by atoms with van der Waals surface area (Å²) >= 11 is 0. The minimum Gasteiger partial charge on any atom is -0.365 e. The number of aryl methyl sites for hydroxylation is 1. The Morgan fingerprint density at radius 1 is 1.34 bits per heavy atom. The van der Waals surface area contributed by atoms with Gasteiger partial charge in [0.05, 0.1) is 10.9 Å². The third kappa shape index (κ3) is 3.86. The number of pyridine rings is 1. The number of aromatic nitrogens is 3. The Morgan fingerprint density at radius 2 is 2.12 bits per heavy atom. The first-order valence-electron chi connectivity index (χ1n) is 10.1. The van der Waals surface area contributed by atoms with Crippen LogP contribution in [0, 0.1) is 24.0 Å². The van der Waals surface area contributed by atoms with Crippen molar-refractivity contribution >= 4 is 29.0 Å². The topological polar surface area (TPSA) is 83.6 Å². The summed E-state index contributed by atoms with van der Waals surface area (Å²) in [5, 5.41) is 12.6. The molecule has 6 nitrogen and oxygen atoms in total. The molecule has 0 amide bonds. The summed E-state index contributed by atoms with van der Waals surface area (Å²) < 4.78 is 42.0. The lowest BCUT2D eigenvalue weighted by Crippen LogP contribution is -2.22. The fourth-order valence-corrected chi connectivity index (χ4v) is 3.93. The number of nitrogens with zero attached hydrogens (tertiary/aromatic N) is 4. The Morgan fingerprint density at radius 3 is 2.81 bits per heavy atom. The minimum absolute atomic E-state index is 0.0617. The van der Waals surface area contributed by atoms with Crippen LogP contribution in [0.15, 0.2) is 35.1 Å². The van der Waals surface area contributed by atoms with Gasteiger partial charge in [-0.2, -0.15) is 0 Å². The summed E-state index contributed by atoms with van der Waals surface area (Å²) in [6.45, 7) is 1.40. The molecule has 1 aliphatic rings. The van der Waals surface area contributed by atoms with Crippen molar-refractivity contribution in [3.8, 4) is 5.97 Å². The van der Waals surface area contributed by atoms with E-state index in [4.69, 9.17) is 0 Å². The van der Waals surface area contributed by atoms with Crippen LogP contribution in [0.25, 0.3) is 16.5 Å². The molecule has 0 saturated carbocycles. The summed E-state index contributed by atoms with van der Waals surface area (Å²) in [4.78, 5) is 21.7. The van der Waals surface area contributed by atoms with Crippen molar-refractivity contribution in [1.82, 2.24) is 14.5 Å². The van der Waals surface area contributed by atoms with Crippen LogP contribution in [0.5, 0.6) is 0 Å². The van der Waals surface area contributed by atoms with Crippen molar-refractivity contribution in [1.29, 1.82) is 5.26 Å². The van der Waals surface area contributed by atoms with Gasteiger partial charge in [-0.3, -0.25) is 4.79 Å². The first kappa shape index (κ1) is 21.6.